The van der Waals surface area contributed by atoms with Gasteiger partial charge in [0.05, 0.1) is 5.75 Å². The van der Waals surface area contributed by atoms with Gasteiger partial charge in [-0.3, -0.25) is 9.36 Å². The Balaban J connectivity index is 1.64. The number of aryl methyl sites for hydroxylation is 1. The fraction of sp³-hybridized carbons (Fsp3) is 0.111. The zero-order valence-corrected chi connectivity index (χ0v) is 14.6. The van der Waals surface area contributed by atoms with Crippen LogP contribution in [-0.2, 0) is 4.79 Å². The highest BCUT2D eigenvalue weighted by Gasteiger charge is 2.09. The summed E-state index contributed by atoms with van der Waals surface area (Å²) in [4.78, 5) is 16.4. The molecule has 1 N–H and O–H groups in total. The molecule has 0 saturated carbocycles. The van der Waals surface area contributed by atoms with Gasteiger partial charge in [0.2, 0.25) is 5.91 Å². The van der Waals surface area contributed by atoms with E-state index >= 15 is 0 Å². The van der Waals surface area contributed by atoms with E-state index in [1.807, 2.05) is 66.2 Å². The molecule has 0 radical (unpaired) electrons. The summed E-state index contributed by atoms with van der Waals surface area (Å²) in [5, 5.41) is 4.34. The molecule has 2 aromatic carbocycles. The quantitative estimate of drug-likeness (QED) is 0.680. The van der Waals surface area contributed by atoms with Gasteiger partial charge < -0.3 is 5.32 Å². The maximum absolute atomic E-state index is 12.1. The highest BCUT2D eigenvalue weighted by molar-refractivity contribution is 7.99. The average molecular weight is 358 g/mol. The minimum atomic E-state index is -0.0590. The lowest BCUT2D eigenvalue weighted by Crippen LogP contribution is -2.14. The van der Waals surface area contributed by atoms with E-state index in [1.165, 1.54) is 11.8 Å². The second-order valence-corrected chi connectivity index (χ2v) is 6.64. The summed E-state index contributed by atoms with van der Waals surface area (Å²) in [6.45, 7) is 1.99. The maximum atomic E-state index is 12.1. The number of anilines is 1. The molecule has 3 rings (SSSR count). The first-order valence-corrected chi connectivity index (χ1v) is 8.77. The Kier molecular flexibility index (Phi) is 5.23. The zero-order valence-electron chi connectivity index (χ0n) is 13.1. The van der Waals surface area contributed by atoms with Gasteiger partial charge in [-0.1, -0.05) is 35.5 Å². The Morgan fingerprint density at radius 3 is 2.79 bits per heavy atom. The Hall–Kier alpha value is -2.24. The van der Waals surface area contributed by atoms with E-state index in [2.05, 4.69) is 10.3 Å². The van der Waals surface area contributed by atoms with E-state index in [9.17, 15) is 4.79 Å². The summed E-state index contributed by atoms with van der Waals surface area (Å²) >= 11 is 7.31. The van der Waals surface area contributed by atoms with Crippen molar-refractivity contribution in [3.05, 3.63) is 71.5 Å². The Morgan fingerprint density at radius 1 is 1.25 bits per heavy atom. The molecule has 1 heterocycles. The molecule has 0 fully saturated rings. The summed E-state index contributed by atoms with van der Waals surface area (Å²) in [5.41, 5.74) is 2.87. The van der Waals surface area contributed by atoms with Crippen LogP contribution in [0.4, 0.5) is 5.69 Å². The van der Waals surface area contributed by atoms with Crippen LogP contribution < -0.4 is 5.32 Å². The van der Waals surface area contributed by atoms with Gasteiger partial charge in [0, 0.05) is 28.8 Å². The summed E-state index contributed by atoms with van der Waals surface area (Å²) in [5.74, 6) is 0.231. The van der Waals surface area contributed by atoms with E-state index in [-0.39, 0.29) is 5.91 Å². The number of carbonyl (C=O) groups is 1. The van der Waals surface area contributed by atoms with Crippen molar-refractivity contribution in [3.8, 4) is 5.69 Å². The van der Waals surface area contributed by atoms with Crippen molar-refractivity contribution in [2.75, 3.05) is 11.1 Å². The van der Waals surface area contributed by atoms with Crippen molar-refractivity contribution >= 4 is 35.0 Å². The molecule has 0 unspecified atom stereocenters. The van der Waals surface area contributed by atoms with Gasteiger partial charge in [-0.05, 0) is 48.9 Å². The molecule has 0 spiro atoms. The van der Waals surface area contributed by atoms with Crippen molar-refractivity contribution in [3.63, 3.8) is 0 Å². The monoisotopic (exact) mass is 357 g/mol. The smallest absolute Gasteiger partial charge is 0.234 e. The van der Waals surface area contributed by atoms with Crippen LogP contribution in [0.15, 0.2) is 66.1 Å². The van der Waals surface area contributed by atoms with Gasteiger partial charge in [-0.2, -0.15) is 0 Å². The number of amides is 1. The van der Waals surface area contributed by atoms with E-state index in [1.54, 1.807) is 6.20 Å². The lowest BCUT2D eigenvalue weighted by Gasteiger charge is -2.08. The summed E-state index contributed by atoms with van der Waals surface area (Å²) < 4.78 is 1.93. The van der Waals surface area contributed by atoms with Crippen LogP contribution in [0.25, 0.3) is 5.69 Å². The number of thioether (sulfide) groups is 1. The standard InChI is InChI=1S/C18H16ClN3OS/c1-13-3-2-4-15(11-13)21-17(23)12-24-18-20-9-10-22(18)16-7-5-14(19)6-8-16/h2-11H,12H2,1H3,(H,21,23). The molecule has 24 heavy (non-hydrogen) atoms. The topological polar surface area (TPSA) is 46.9 Å². The first kappa shape index (κ1) is 16.6. The Morgan fingerprint density at radius 2 is 2.04 bits per heavy atom. The summed E-state index contributed by atoms with van der Waals surface area (Å²) in [7, 11) is 0. The largest absolute Gasteiger partial charge is 0.325 e. The molecular weight excluding hydrogens is 342 g/mol. The molecule has 0 saturated heterocycles. The van der Waals surface area contributed by atoms with Crippen molar-refractivity contribution in [1.82, 2.24) is 9.55 Å². The summed E-state index contributed by atoms with van der Waals surface area (Å²) in [6, 6.07) is 15.2. The van der Waals surface area contributed by atoms with Crippen LogP contribution in [0.3, 0.4) is 0 Å². The molecule has 0 atom stereocenters. The molecule has 1 amide bonds. The van der Waals surface area contributed by atoms with Crippen molar-refractivity contribution in [1.29, 1.82) is 0 Å². The zero-order chi connectivity index (χ0) is 16.9. The molecule has 0 aliphatic carbocycles. The fourth-order valence-electron chi connectivity index (χ4n) is 2.24. The molecule has 6 heteroatoms. The van der Waals surface area contributed by atoms with Gasteiger partial charge >= 0.3 is 0 Å². The molecule has 3 aromatic rings. The van der Waals surface area contributed by atoms with Crippen LogP contribution in [0, 0.1) is 6.92 Å². The maximum Gasteiger partial charge on any atom is 0.234 e. The number of hydrogen-bond donors (Lipinski definition) is 1. The van der Waals surface area contributed by atoms with Crippen LogP contribution in [0.1, 0.15) is 5.56 Å². The molecular formula is C18H16ClN3OS. The Labute approximate surface area is 149 Å². The number of rotatable bonds is 5. The van der Waals surface area contributed by atoms with Gasteiger partial charge in [-0.25, -0.2) is 4.98 Å². The third-order valence-electron chi connectivity index (χ3n) is 3.35. The average Bonchev–Trinajstić information content (AvgIpc) is 3.02. The molecule has 0 aliphatic heterocycles. The second-order valence-electron chi connectivity index (χ2n) is 5.26. The number of nitrogens with zero attached hydrogens (tertiary/aromatic N) is 2. The summed E-state index contributed by atoms with van der Waals surface area (Å²) in [6.07, 6.45) is 3.58. The van der Waals surface area contributed by atoms with Crippen LogP contribution >= 0.6 is 23.4 Å². The van der Waals surface area contributed by atoms with Crippen LogP contribution in [0.2, 0.25) is 5.02 Å². The number of nitrogens with one attached hydrogen (secondary N) is 1. The van der Waals surface area contributed by atoms with Crippen LogP contribution in [-0.4, -0.2) is 21.2 Å². The molecule has 4 nitrogen and oxygen atoms in total. The van der Waals surface area contributed by atoms with E-state index < -0.39 is 0 Å². The van der Waals surface area contributed by atoms with E-state index in [0.717, 1.165) is 22.1 Å². The first-order valence-electron chi connectivity index (χ1n) is 7.40. The van der Waals surface area contributed by atoms with Gasteiger partial charge in [0.15, 0.2) is 5.16 Å². The SMILES string of the molecule is Cc1cccc(NC(=O)CSc2nccn2-c2ccc(Cl)cc2)c1. The minimum Gasteiger partial charge on any atom is -0.325 e. The molecule has 122 valence electrons. The van der Waals surface area contributed by atoms with E-state index in [4.69, 9.17) is 11.6 Å². The van der Waals surface area contributed by atoms with Crippen molar-refractivity contribution in [2.45, 2.75) is 12.1 Å². The molecule has 1 aromatic heterocycles. The Bertz CT molecular complexity index is 845. The normalized spacial score (nSPS) is 10.6. The van der Waals surface area contributed by atoms with Gasteiger partial charge in [-0.15, -0.1) is 0 Å². The molecule has 0 bridgehead atoms. The third kappa shape index (κ3) is 4.19. The lowest BCUT2D eigenvalue weighted by atomic mass is 10.2. The highest BCUT2D eigenvalue weighted by atomic mass is 35.5. The predicted octanol–water partition coefficient (Wildman–Crippen LogP) is 4.56. The van der Waals surface area contributed by atoms with Crippen LogP contribution in [0.5, 0.6) is 0 Å². The van der Waals surface area contributed by atoms with Crippen molar-refractivity contribution in [2.24, 2.45) is 0 Å². The second kappa shape index (κ2) is 7.55. The number of benzene rings is 2. The van der Waals surface area contributed by atoms with Crippen molar-refractivity contribution < 1.29 is 4.79 Å². The number of halogens is 1. The fourth-order valence-corrected chi connectivity index (χ4v) is 3.14. The predicted molar refractivity (Wildman–Crippen MR) is 99.1 cm³/mol. The van der Waals surface area contributed by atoms with Gasteiger partial charge in [0.1, 0.15) is 0 Å². The minimum absolute atomic E-state index is 0.0590. The lowest BCUT2D eigenvalue weighted by molar-refractivity contribution is -0.113. The number of aromatic nitrogens is 2. The third-order valence-corrected chi connectivity index (χ3v) is 4.56. The number of carbonyl (C=O) groups excluding carboxylic acids is 1. The number of imidazole rings is 1. The highest BCUT2D eigenvalue weighted by Crippen LogP contribution is 2.22. The number of hydrogen-bond acceptors (Lipinski definition) is 3. The van der Waals surface area contributed by atoms with E-state index in [0.29, 0.717) is 10.8 Å². The molecule has 0 aliphatic rings. The first-order chi connectivity index (χ1) is 11.6. The van der Waals surface area contributed by atoms with Gasteiger partial charge in [0.25, 0.3) is 0 Å².